The third kappa shape index (κ3) is 2.46. The summed E-state index contributed by atoms with van der Waals surface area (Å²) in [4.78, 5) is 8.19. The van der Waals surface area contributed by atoms with Crippen LogP contribution in [0.5, 0.6) is 0 Å². The number of aliphatic imine (C=N–C) groups is 1. The van der Waals surface area contributed by atoms with Gasteiger partial charge in [-0.1, -0.05) is 0 Å². The van der Waals surface area contributed by atoms with Gasteiger partial charge in [0, 0.05) is 24.6 Å². The Morgan fingerprint density at radius 3 is 3.19 bits per heavy atom. The number of allylic oxidation sites excluding steroid dienone is 2. The molecule has 0 saturated heterocycles. The number of hydrogen-bond donors (Lipinski definition) is 1. The Labute approximate surface area is 98.6 Å². The summed E-state index contributed by atoms with van der Waals surface area (Å²) in [6, 6.07) is 6.18. The topological polar surface area (TPSA) is 37.3 Å². The number of fused-ring (bicyclic) bond motifs is 1. The molecule has 0 fully saturated rings. The van der Waals surface area contributed by atoms with Crippen molar-refractivity contribution in [1.29, 1.82) is 0 Å². The lowest BCUT2D eigenvalue weighted by atomic mass is 10.3. The van der Waals surface area contributed by atoms with Crippen LogP contribution in [-0.2, 0) is 0 Å². The maximum absolute atomic E-state index is 4.28. The summed E-state index contributed by atoms with van der Waals surface area (Å²) in [6.07, 6.45) is 3.70. The fourth-order valence-electron chi connectivity index (χ4n) is 1.39. The molecule has 0 saturated carbocycles. The van der Waals surface area contributed by atoms with Crippen molar-refractivity contribution >= 4 is 33.5 Å². The van der Waals surface area contributed by atoms with Crippen LogP contribution in [-0.4, -0.2) is 18.2 Å². The summed E-state index contributed by atoms with van der Waals surface area (Å²) >= 11 is 1.65. The van der Waals surface area contributed by atoms with Crippen LogP contribution in [0.25, 0.3) is 10.2 Å². The van der Waals surface area contributed by atoms with E-state index in [4.69, 9.17) is 0 Å². The van der Waals surface area contributed by atoms with Gasteiger partial charge in [0.05, 0.1) is 15.7 Å². The van der Waals surface area contributed by atoms with Crippen LogP contribution in [0, 0.1) is 0 Å². The van der Waals surface area contributed by atoms with E-state index < -0.39 is 0 Å². The average Bonchev–Trinajstić information content (AvgIpc) is 2.73. The molecule has 1 aromatic heterocycles. The van der Waals surface area contributed by atoms with E-state index in [0.717, 1.165) is 16.9 Å². The zero-order chi connectivity index (χ0) is 11.4. The van der Waals surface area contributed by atoms with Crippen LogP contribution in [0.15, 0.2) is 40.5 Å². The van der Waals surface area contributed by atoms with E-state index in [0.29, 0.717) is 0 Å². The molecule has 1 heterocycles. The summed E-state index contributed by atoms with van der Waals surface area (Å²) in [5.41, 5.74) is 5.00. The van der Waals surface area contributed by atoms with E-state index in [9.17, 15) is 0 Å². The van der Waals surface area contributed by atoms with Crippen molar-refractivity contribution in [2.24, 2.45) is 4.99 Å². The number of benzene rings is 1. The van der Waals surface area contributed by atoms with Crippen molar-refractivity contribution in [3.05, 3.63) is 35.5 Å². The Morgan fingerprint density at radius 2 is 2.38 bits per heavy atom. The smallest absolute Gasteiger partial charge is 0.0832 e. The van der Waals surface area contributed by atoms with Gasteiger partial charge in [-0.25, -0.2) is 4.98 Å². The molecular weight excluding hydrogens is 218 g/mol. The van der Waals surface area contributed by atoms with E-state index >= 15 is 0 Å². The highest BCUT2D eigenvalue weighted by Gasteiger charge is 1.98. The number of thiazole rings is 1. The van der Waals surface area contributed by atoms with Gasteiger partial charge in [-0.05, 0) is 31.2 Å². The first-order valence-electron chi connectivity index (χ1n) is 4.99. The molecule has 82 valence electrons. The van der Waals surface area contributed by atoms with Crippen LogP contribution < -0.4 is 5.32 Å². The number of anilines is 1. The zero-order valence-corrected chi connectivity index (χ0v) is 10.1. The molecule has 1 N–H and O–H groups in total. The highest BCUT2D eigenvalue weighted by atomic mass is 32.1. The summed E-state index contributed by atoms with van der Waals surface area (Å²) in [6.45, 7) is 2.01. The normalized spacial score (nSPS) is 12.5. The van der Waals surface area contributed by atoms with Crippen LogP contribution in [0.4, 0.5) is 5.69 Å². The number of hydrogen-bond acceptors (Lipinski definition) is 4. The predicted molar refractivity (Wildman–Crippen MR) is 71.4 cm³/mol. The fraction of sp³-hybridized carbons (Fsp3) is 0.167. The standard InChI is InChI=1S/C12H13N3S/c1-9(5-6-13-2)15-10-3-4-12-11(7-10)14-8-16-12/h3-8,15H,1-2H3/b9-5+,13-6-. The number of nitrogens with zero attached hydrogens (tertiary/aromatic N) is 2. The van der Waals surface area contributed by atoms with Crippen molar-refractivity contribution in [3.8, 4) is 0 Å². The Morgan fingerprint density at radius 1 is 1.50 bits per heavy atom. The van der Waals surface area contributed by atoms with Crippen molar-refractivity contribution in [1.82, 2.24) is 4.98 Å². The lowest BCUT2D eigenvalue weighted by molar-refractivity contribution is 1.38. The molecule has 4 heteroatoms. The van der Waals surface area contributed by atoms with Crippen molar-refractivity contribution in [3.63, 3.8) is 0 Å². The molecule has 3 nitrogen and oxygen atoms in total. The van der Waals surface area contributed by atoms with E-state index in [1.54, 1.807) is 24.6 Å². The van der Waals surface area contributed by atoms with Gasteiger partial charge in [0.25, 0.3) is 0 Å². The first-order chi connectivity index (χ1) is 7.79. The second-order valence-corrected chi connectivity index (χ2v) is 4.30. The minimum Gasteiger partial charge on any atom is -0.359 e. The van der Waals surface area contributed by atoms with E-state index in [1.807, 2.05) is 24.6 Å². The van der Waals surface area contributed by atoms with Gasteiger partial charge < -0.3 is 5.32 Å². The predicted octanol–water partition coefficient (Wildman–Crippen LogP) is 3.31. The van der Waals surface area contributed by atoms with Gasteiger partial charge in [0.15, 0.2) is 0 Å². The Hall–Kier alpha value is -1.68. The van der Waals surface area contributed by atoms with Gasteiger partial charge in [-0.2, -0.15) is 0 Å². The first-order valence-corrected chi connectivity index (χ1v) is 5.87. The minimum atomic E-state index is 1.03. The van der Waals surface area contributed by atoms with Crippen molar-refractivity contribution < 1.29 is 0 Å². The summed E-state index contributed by atoms with van der Waals surface area (Å²) in [7, 11) is 1.76. The third-order valence-corrected chi connectivity index (χ3v) is 2.96. The SMILES string of the molecule is C/N=C\C=C(/C)Nc1ccc2scnc2c1. The molecule has 0 amide bonds. The Bertz CT molecular complexity index is 540. The van der Waals surface area contributed by atoms with Gasteiger partial charge in [-0.15, -0.1) is 11.3 Å². The fourth-order valence-corrected chi connectivity index (χ4v) is 2.05. The Balaban J connectivity index is 2.20. The maximum Gasteiger partial charge on any atom is 0.0832 e. The lowest BCUT2D eigenvalue weighted by Gasteiger charge is -2.05. The number of aromatic nitrogens is 1. The van der Waals surface area contributed by atoms with Crippen LogP contribution in [0.1, 0.15) is 6.92 Å². The molecule has 0 spiro atoms. The third-order valence-electron chi connectivity index (χ3n) is 2.15. The van der Waals surface area contributed by atoms with E-state index in [1.165, 1.54) is 4.70 Å². The second kappa shape index (κ2) is 4.90. The zero-order valence-electron chi connectivity index (χ0n) is 9.27. The van der Waals surface area contributed by atoms with Crippen LogP contribution >= 0.6 is 11.3 Å². The van der Waals surface area contributed by atoms with Crippen molar-refractivity contribution in [2.75, 3.05) is 12.4 Å². The van der Waals surface area contributed by atoms with Gasteiger partial charge in [0.1, 0.15) is 0 Å². The molecule has 0 aliphatic carbocycles. The lowest BCUT2D eigenvalue weighted by Crippen LogP contribution is -1.95. The molecule has 0 radical (unpaired) electrons. The highest BCUT2D eigenvalue weighted by molar-refractivity contribution is 7.16. The molecule has 0 bridgehead atoms. The number of nitrogens with one attached hydrogen (secondary N) is 1. The second-order valence-electron chi connectivity index (χ2n) is 3.42. The monoisotopic (exact) mass is 231 g/mol. The van der Waals surface area contributed by atoms with Crippen LogP contribution in [0.2, 0.25) is 0 Å². The quantitative estimate of drug-likeness (QED) is 0.823. The van der Waals surface area contributed by atoms with Crippen LogP contribution in [0.3, 0.4) is 0 Å². The molecule has 0 unspecified atom stereocenters. The molecule has 0 aliphatic heterocycles. The first kappa shape index (κ1) is 10.8. The molecule has 0 atom stereocenters. The minimum absolute atomic E-state index is 1.03. The average molecular weight is 231 g/mol. The van der Waals surface area contributed by atoms with Gasteiger partial charge in [0.2, 0.25) is 0 Å². The molecule has 0 aliphatic rings. The highest BCUT2D eigenvalue weighted by Crippen LogP contribution is 2.22. The van der Waals surface area contributed by atoms with Crippen molar-refractivity contribution in [2.45, 2.75) is 6.92 Å². The van der Waals surface area contributed by atoms with Gasteiger partial charge >= 0.3 is 0 Å². The van der Waals surface area contributed by atoms with Gasteiger partial charge in [-0.3, -0.25) is 4.99 Å². The molecule has 2 aromatic rings. The maximum atomic E-state index is 4.28. The summed E-state index contributed by atoms with van der Waals surface area (Å²) < 4.78 is 1.21. The van der Waals surface area contributed by atoms with E-state index in [-0.39, 0.29) is 0 Å². The molecule has 16 heavy (non-hydrogen) atoms. The molecular formula is C12H13N3S. The van der Waals surface area contributed by atoms with E-state index in [2.05, 4.69) is 27.4 Å². The summed E-state index contributed by atoms with van der Waals surface area (Å²) in [5, 5.41) is 3.29. The molecule has 1 aromatic carbocycles. The summed E-state index contributed by atoms with van der Waals surface area (Å²) in [5.74, 6) is 0. The molecule has 2 rings (SSSR count). The Kier molecular flexibility index (Phi) is 3.31. The number of rotatable bonds is 3. The largest absolute Gasteiger partial charge is 0.359 e.